The van der Waals surface area contributed by atoms with E-state index in [9.17, 15) is 13.6 Å². The summed E-state index contributed by atoms with van der Waals surface area (Å²) in [6.07, 6.45) is 0.605. The quantitative estimate of drug-likeness (QED) is 0.516. The lowest BCUT2D eigenvalue weighted by atomic mass is 10.1. The van der Waals surface area contributed by atoms with Crippen molar-refractivity contribution in [1.29, 1.82) is 0 Å². The number of hydrogen-bond donors (Lipinski definition) is 2. The standard InChI is InChI=1S/C22H22F2N2O2S/c23-22(24)28-18-10-8-16(9-11-18)12-13-25-20(27)15-26-21(19-7-4-14-29-19)17-5-2-1-3-6-17/h1-11,14,21-22,26H,12-13,15H2,(H,25,27)/t21-/m0/s1. The summed E-state index contributed by atoms with van der Waals surface area (Å²) in [5, 5.41) is 8.22. The second-order valence-corrected chi connectivity index (χ2v) is 7.34. The van der Waals surface area contributed by atoms with Crippen LogP contribution in [0.3, 0.4) is 0 Å². The van der Waals surface area contributed by atoms with Gasteiger partial charge in [0.15, 0.2) is 0 Å². The van der Waals surface area contributed by atoms with Gasteiger partial charge in [0.25, 0.3) is 0 Å². The molecule has 0 aliphatic rings. The molecule has 7 heteroatoms. The zero-order chi connectivity index (χ0) is 20.5. The molecule has 0 aliphatic carbocycles. The van der Waals surface area contributed by atoms with E-state index in [0.717, 1.165) is 16.0 Å². The van der Waals surface area contributed by atoms with E-state index in [1.807, 2.05) is 41.8 Å². The average Bonchev–Trinajstić information content (AvgIpc) is 3.24. The van der Waals surface area contributed by atoms with Gasteiger partial charge < -0.3 is 10.1 Å². The molecule has 2 aromatic carbocycles. The minimum atomic E-state index is -2.83. The van der Waals surface area contributed by atoms with Crippen molar-refractivity contribution in [3.63, 3.8) is 0 Å². The molecule has 29 heavy (non-hydrogen) atoms. The number of ether oxygens (including phenoxy) is 1. The van der Waals surface area contributed by atoms with Crippen LogP contribution in [0.5, 0.6) is 5.75 Å². The summed E-state index contributed by atoms with van der Waals surface area (Å²) in [5.74, 6) is 0.0256. The molecule has 3 aromatic rings. The number of rotatable bonds is 10. The minimum absolute atomic E-state index is 0.0377. The second-order valence-electron chi connectivity index (χ2n) is 6.36. The van der Waals surface area contributed by atoms with Crippen LogP contribution < -0.4 is 15.4 Å². The predicted octanol–water partition coefficient (Wildman–Crippen LogP) is 4.39. The molecule has 0 saturated heterocycles. The summed E-state index contributed by atoms with van der Waals surface area (Å²) >= 11 is 1.65. The molecule has 0 unspecified atom stereocenters. The molecule has 2 N–H and O–H groups in total. The molecule has 3 rings (SSSR count). The summed E-state index contributed by atoms with van der Waals surface area (Å²) in [5.41, 5.74) is 2.04. The van der Waals surface area contributed by atoms with E-state index in [1.165, 1.54) is 12.1 Å². The Labute approximate surface area is 172 Å². The van der Waals surface area contributed by atoms with Crippen molar-refractivity contribution in [2.75, 3.05) is 13.1 Å². The second kappa shape index (κ2) is 10.7. The number of alkyl halides is 2. The molecule has 0 radical (unpaired) electrons. The Bertz CT molecular complexity index is 872. The fourth-order valence-electron chi connectivity index (χ4n) is 2.92. The lowest BCUT2D eigenvalue weighted by molar-refractivity contribution is -0.120. The van der Waals surface area contributed by atoms with Crippen molar-refractivity contribution >= 4 is 17.2 Å². The van der Waals surface area contributed by atoms with E-state index in [1.54, 1.807) is 23.5 Å². The number of benzene rings is 2. The maximum absolute atomic E-state index is 12.2. The molecule has 0 fully saturated rings. The average molecular weight is 416 g/mol. The van der Waals surface area contributed by atoms with Gasteiger partial charge in [-0.25, -0.2) is 0 Å². The highest BCUT2D eigenvalue weighted by atomic mass is 32.1. The molecule has 4 nitrogen and oxygen atoms in total. The largest absolute Gasteiger partial charge is 0.435 e. The third-order valence-electron chi connectivity index (χ3n) is 4.31. The van der Waals surface area contributed by atoms with Gasteiger partial charge in [0.05, 0.1) is 12.6 Å². The van der Waals surface area contributed by atoms with Gasteiger partial charge in [0.1, 0.15) is 5.75 Å². The summed E-state index contributed by atoms with van der Waals surface area (Å²) in [4.78, 5) is 13.4. The minimum Gasteiger partial charge on any atom is -0.435 e. The van der Waals surface area contributed by atoms with Gasteiger partial charge in [-0.3, -0.25) is 10.1 Å². The molecule has 1 aromatic heterocycles. The predicted molar refractivity (Wildman–Crippen MR) is 110 cm³/mol. The maximum atomic E-state index is 12.2. The lowest BCUT2D eigenvalue weighted by Crippen LogP contribution is -2.36. The van der Waals surface area contributed by atoms with Gasteiger partial charge in [0.2, 0.25) is 5.91 Å². The maximum Gasteiger partial charge on any atom is 0.387 e. The van der Waals surface area contributed by atoms with Crippen molar-refractivity contribution in [3.8, 4) is 5.75 Å². The smallest absolute Gasteiger partial charge is 0.387 e. The van der Waals surface area contributed by atoms with E-state index in [2.05, 4.69) is 21.4 Å². The van der Waals surface area contributed by atoms with Gasteiger partial charge in [-0.15, -0.1) is 11.3 Å². The normalized spacial score (nSPS) is 12.0. The number of nitrogens with one attached hydrogen (secondary N) is 2. The Balaban J connectivity index is 1.46. The first-order valence-corrected chi connectivity index (χ1v) is 10.1. The highest BCUT2D eigenvalue weighted by Gasteiger charge is 2.15. The first-order valence-electron chi connectivity index (χ1n) is 9.24. The highest BCUT2D eigenvalue weighted by Crippen LogP contribution is 2.25. The van der Waals surface area contributed by atoms with E-state index in [4.69, 9.17) is 0 Å². The summed E-state index contributed by atoms with van der Waals surface area (Å²) in [7, 11) is 0. The fourth-order valence-corrected chi connectivity index (χ4v) is 3.75. The molecular weight excluding hydrogens is 394 g/mol. The van der Waals surface area contributed by atoms with Gasteiger partial charge in [-0.2, -0.15) is 8.78 Å². The number of hydrogen-bond acceptors (Lipinski definition) is 4. The number of amides is 1. The fraction of sp³-hybridized carbons (Fsp3) is 0.227. The van der Waals surface area contributed by atoms with Gasteiger partial charge in [-0.1, -0.05) is 48.5 Å². The van der Waals surface area contributed by atoms with Crippen LogP contribution >= 0.6 is 11.3 Å². The van der Waals surface area contributed by atoms with Crippen molar-refractivity contribution in [2.24, 2.45) is 0 Å². The summed E-state index contributed by atoms with van der Waals surface area (Å²) in [6, 6.07) is 20.4. The Morgan fingerprint density at radius 3 is 2.41 bits per heavy atom. The third kappa shape index (κ3) is 6.66. The molecular formula is C22H22F2N2O2S. The van der Waals surface area contributed by atoms with Crippen LogP contribution in [0.15, 0.2) is 72.1 Å². The van der Waals surface area contributed by atoms with Crippen LogP contribution in [0.1, 0.15) is 22.0 Å². The number of carbonyl (C=O) groups excluding carboxylic acids is 1. The van der Waals surface area contributed by atoms with Crippen LogP contribution in [0.4, 0.5) is 8.78 Å². The Kier molecular flexibility index (Phi) is 7.72. The Morgan fingerprint density at radius 2 is 1.76 bits per heavy atom. The molecule has 0 bridgehead atoms. The lowest BCUT2D eigenvalue weighted by Gasteiger charge is -2.18. The SMILES string of the molecule is O=C(CN[C@@H](c1ccccc1)c1cccs1)NCCc1ccc(OC(F)F)cc1. The van der Waals surface area contributed by atoms with Crippen molar-refractivity contribution in [2.45, 2.75) is 19.1 Å². The monoisotopic (exact) mass is 416 g/mol. The van der Waals surface area contributed by atoms with Gasteiger partial charge >= 0.3 is 6.61 Å². The van der Waals surface area contributed by atoms with Crippen molar-refractivity contribution < 1.29 is 18.3 Å². The number of thiophene rings is 1. The topological polar surface area (TPSA) is 50.4 Å². The molecule has 1 atom stereocenters. The van der Waals surface area contributed by atoms with Crippen molar-refractivity contribution in [3.05, 3.63) is 88.1 Å². The zero-order valence-corrected chi connectivity index (χ0v) is 16.5. The summed E-state index contributed by atoms with van der Waals surface area (Å²) in [6.45, 7) is -2.18. The van der Waals surface area contributed by atoms with Gasteiger partial charge in [0, 0.05) is 11.4 Å². The van der Waals surface area contributed by atoms with E-state index >= 15 is 0 Å². The molecule has 1 amide bonds. The number of halogens is 2. The molecule has 0 spiro atoms. The summed E-state index contributed by atoms with van der Waals surface area (Å²) < 4.78 is 28.7. The van der Waals surface area contributed by atoms with Crippen molar-refractivity contribution in [1.82, 2.24) is 10.6 Å². The van der Waals surface area contributed by atoms with Crippen LogP contribution in [0, 0.1) is 0 Å². The van der Waals surface area contributed by atoms with Crippen LogP contribution in [-0.2, 0) is 11.2 Å². The molecule has 0 aliphatic heterocycles. The third-order valence-corrected chi connectivity index (χ3v) is 5.25. The Morgan fingerprint density at radius 1 is 1.00 bits per heavy atom. The molecule has 1 heterocycles. The molecule has 0 saturated carbocycles. The van der Waals surface area contributed by atoms with Crippen LogP contribution in [0.25, 0.3) is 0 Å². The number of carbonyl (C=O) groups is 1. The van der Waals surface area contributed by atoms with Crippen LogP contribution in [0.2, 0.25) is 0 Å². The highest BCUT2D eigenvalue weighted by molar-refractivity contribution is 7.10. The van der Waals surface area contributed by atoms with E-state index in [-0.39, 0.29) is 24.2 Å². The van der Waals surface area contributed by atoms with Gasteiger partial charge in [-0.05, 0) is 41.1 Å². The zero-order valence-electron chi connectivity index (χ0n) is 15.7. The van der Waals surface area contributed by atoms with E-state index in [0.29, 0.717) is 13.0 Å². The molecule has 152 valence electrons. The Hall–Kier alpha value is -2.77. The first-order chi connectivity index (χ1) is 14.1. The first kappa shape index (κ1) is 21.0. The van der Waals surface area contributed by atoms with Crippen LogP contribution in [-0.4, -0.2) is 25.6 Å². The van der Waals surface area contributed by atoms with E-state index < -0.39 is 6.61 Å².